The number of carbonyl (C=O) groups is 2. The van der Waals surface area contributed by atoms with Gasteiger partial charge in [0.25, 0.3) is 0 Å². The number of nitrogens with one attached hydrogen (secondary N) is 1. The molecule has 4 heterocycles. The minimum atomic E-state index is -0.535. The highest BCUT2D eigenvalue weighted by molar-refractivity contribution is 5.78. The second kappa shape index (κ2) is 21.5. The summed E-state index contributed by atoms with van der Waals surface area (Å²) in [7, 11) is 0. The van der Waals surface area contributed by atoms with Gasteiger partial charge in [-0.05, 0) is 94.1 Å². The number of hydrogen-bond donors (Lipinski definition) is 2. The van der Waals surface area contributed by atoms with E-state index in [4.69, 9.17) is 4.74 Å². The van der Waals surface area contributed by atoms with Gasteiger partial charge in [0.15, 0.2) is 0 Å². The standard InChI is InChI=1S/C45H55N7O4/c1-45(2,3)56-44(55)50-26-10-4-5-19-42(53)21-20-35-27-36(29-51(31-38-15-6-11-22-46-38)32-39-16-7-12-23-47-39)43(54)37(28-35)30-52(33-40-17-8-13-24-48-40)34-41-18-9-14-25-49-41/h6-9,11-18,22-25,27-28,54H,4-5,10,19-21,26,29-34H2,1-3H3,(H,50,55). The lowest BCUT2D eigenvalue weighted by atomic mass is 9.97. The highest BCUT2D eigenvalue weighted by Gasteiger charge is 2.20. The molecule has 0 aliphatic heterocycles. The molecule has 0 atom stereocenters. The summed E-state index contributed by atoms with van der Waals surface area (Å²) < 4.78 is 5.29. The van der Waals surface area contributed by atoms with Gasteiger partial charge in [0.05, 0.1) is 22.8 Å². The van der Waals surface area contributed by atoms with Crippen molar-refractivity contribution in [2.45, 2.75) is 104 Å². The van der Waals surface area contributed by atoms with Gasteiger partial charge in [-0.25, -0.2) is 4.79 Å². The number of ether oxygens (including phenoxy) is 1. The maximum Gasteiger partial charge on any atom is 0.407 e. The van der Waals surface area contributed by atoms with Crippen molar-refractivity contribution in [2.75, 3.05) is 6.54 Å². The average Bonchev–Trinajstić information content (AvgIpc) is 3.18. The number of hydrogen-bond acceptors (Lipinski definition) is 10. The van der Waals surface area contributed by atoms with E-state index in [1.165, 1.54) is 0 Å². The van der Waals surface area contributed by atoms with Gasteiger partial charge in [-0.2, -0.15) is 0 Å². The largest absolute Gasteiger partial charge is 0.507 e. The molecule has 11 heteroatoms. The molecule has 5 aromatic rings. The summed E-state index contributed by atoms with van der Waals surface area (Å²) in [6.07, 6.45) is 10.5. The fraction of sp³-hybridized carbons (Fsp3) is 0.378. The number of phenols is 1. The molecule has 0 saturated heterocycles. The number of rotatable bonds is 21. The SMILES string of the molecule is CC(C)(C)OC(=O)NCCCCCC(=O)CCc1cc(CN(Cc2ccccn2)Cc2ccccn2)c(O)c(CN(Cc2ccccn2)Cc2ccccn2)c1. The lowest BCUT2D eigenvalue weighted by Crippen LogP contribution is -2.32. The van der Waals surface area contributed by atoms with Crippen LogP contribution in [0.3, 0.4) is 0 Å². The van der Waals surface area contributed by atoms with Gasteiger partial charge in [-0.1, -0.05) is 42.8 Å². The maximum absolute atomic E-state index is 13.1. The lowest BCUT2D eigenvalue weighted by Gasteiger charge is -2.26. The first-order valence-electron chi connectivity index (χ1n) is 19.5. The lowest BCUT2D eigenvalue weighted by molar-refractivity contribution is -0.119. The van der Waals surface area contributed by atoms with E-state index in [-0.39, 0.29) is 11.5 Å². The van der Waals surface area contributed by atoms with Gasteiger partial charge in [-0.15, -0.1) is 0 Å². The van der Waals surface area contributed by atoms with E-state index in [0.717, 1.165) is 58.7 Å². The van der Waals surface area contributed by atoms with E-state index in [2.05, 4.69) is 35.1 Å². The highest BCUT2D eigenvalue weighted by atomic mass is 16.6. The molecule has 0 aliphatic carbocycles. The fourth-order valence-corrected chi connectivity index (χ4v) is 6.46. The van der Waals surface area contributed by atoms with Crippen molar-refractivity contribution in [1.29, 1.82) is 0 Å². The summed E-state index contributed by atoms with van der Waals surface area (Å²) in [6.45, 7) is 9.17. The van der Waals surface area contributed by atoms with Gasteiger partial charge < -0.3 is 15.2 Å². The highest BCUT2D eigenvalue weighted by Crippen LogP contribution is 2.30. The van der Waals surface area contributed by atoms with Crippen molar-refractivity contribution in [3.63, 3.8) is 0 Å². The second-order valence-electron chi connectivity index (χ2n) is 15.1. The molecule has 294 valence electrons. The number of Topliss-reactive ketones (excluding diaryl/α,β-unsaturated/α-hetero) is 1. The molecule has 0 aliphatic rings. The minimum Gasteiger partial charge on any atom is -0.507 e. The summed E-state index contributed by atoms with van der Waals surface area (Å²) in [4.78, 5) is 47.9. The van der Waals surface area contributed by atoms with E-state index < -0.39 is 11.7 Å². The molecule has 0 radical (unpaired) electrons. The molecule has 0 bridgehead atoms. The van der Waals surface area contributed by atoms with Gasteiger partial charge in [0, 0.05) is 94.6 Å². The number of ketones is 1. The van der Waals surface area contributed by atoms with E-state index in [1.54, 1.807) is 24.8 Å². The van der Waals surface area contributed by atoms with Crippen LogP contribution in [-0.2, 0) is 55.2 Å². The van der Waals surface area contributed by atoms with Crippen LogP contribution in [0.4, 0.5) is 4.79 Å². The van der Waals surface area contributed by atoms with Crippen LogP contribution in [0.1, 0.15) is 92.3 Å². The van der Waals surface area contributed by atoms with Crippen molar-refractivity contribution < 1.29 is 19.4 Å². The summed E-state index contributed by atoms with van der Waals surface area (Å²) in [5.41, 5.74) is 5.70. The zero-order valence-corrected chi connectivity index (χ0v) is 32.9. The molecule has 2 N–H and O–H groups in total. The molecule has 5 rings (SSSR count). The molecule has 4 aromatic heterocycles. The first-order chi connectivity index (χ1) is 27.1. The normalized spacial score (nSPS) is 11.5. The first kappa shape index (κ1) is 41.6. The topological polar surface area (TPSA) is 134 Å². The number of phenolic OH excluding ortho intramolecular Hbond substituents is 1. The number of pyridine rings is 4. The molecular formula is C45H55N7O4. The molecule has 0 saturated carbocycles. The van der Waals surface area contributed by atoms with Crippen molar-refractivity contribution in [3.8, 4) is 5.75 Å². The Hall–Kier alpha value is -5.52. The van der Waals surface area contributed by atoms with Gasteiger partial charge in [0.2, 0.25) is 0 Å². The van der Waals surface area contributed by atoms with Crippen LogP contribution in [0.25, 0.3) is 0 Å². The van der Waals surface area contributed by atoms with Crippen LogP contribution in [0.15, 0.2) is 110 Å². The Balaban J connectivity index is 1.33. The number of aromatic nitrogens is 4. The molecule has 0 unspecified atom stereocenters. The second-order valence-corrected chi connectivity index (χ2v) is 15.1. The quantitative estimate of drug-likeness (QED) is 0.0711. The number of carbonyl (C=O) groups excluding carboxylic acids is 2. The van der Waals surface area contributed by atoms with Crippen LogP contribution >= 0.6 is 0 Å². The van der Waals surface area contributed by atoms with Crippen LogP contribution in [0, 0.1) is 0 Å². The smallest absolute Gasteiger partial charge is 0.407 e. The molecule has 56 heavy (non-hydrogen) atoms. The van der Waals surface area contributed by atoms with Gasteiger partial charge in [-0.3, -0.25) is 34.5 Å². The molecule has 0 spiro atoms. The summed E-state index contributed by atoms with van der Waals surface area (Å²) in [5, 5.41) is 14.8. The predicted octanol–water partition coefficient (Wildman–Crippen LogP) is 7.96. The molecule has 0 fully saturated rings. The Bertz CT molecular complexity index is 1730. The van der Waals surface area contributed by atoms with Gasteiger partial charge in [0.1, 0.15) is 17.1 Å². The number of amides is 1. The number of aryl methyl sites for hydroxylation is 1. The molecule has 1 amide bonds. The maximum atomic E-state index is 13.1. The first-order valence-corrected chi connectivity index (χ1v) is 19.5. The van der Waals surface area contributed by atoms with Crippen molar-refractivity contribution in [3.05, 3.63) is 149 Å². The Morgan fingerprint density at radius 1 is 0.625 bits per heavy atom. The van der Waals surface area contributed by atoms with Crippen LogP contribution < -0.4 is 5.32 Å². The fourth-order valence-electron chi connectivity index (χ4n) is 6.46. The van der Waals surface area contributed by atoms with Gasteiger partial charge >= 0.3 is 6.09 Å². The predicted molar refractivity (Wildman–Crippen MR) is 217 cm³/mol. The van der Waals surface area contributed by atoms with Crippen LogP contribution in [-0.4, -0.2) is 58.9 Å². The Morgan fingerprint density at radius 2 is 1.07 bits per heavy atom. The summed E-state index contributed by atoms with van der Waals surface area (Å²) in [5.74, 6) is 0.430. The van der Waals surface area contributed by atoms with Crippen molar-refractivity contribution >= 4 is 11.9 Å². The zero-order chi connectivity index (χ0) is 39.6. The van der Waals surface area contributed by atoms with Crippen LogP contribution in [0.5, 0.6) is 5.75 Å². The monoisotopic (exact) mass is 757 g/mol. The number of benzene rings is 1. The molecule has 11 nitrogen and oxygen atoms in total. The zero-order valence-electron chi connectivity index (χ0n) is 32.9. The average molecular weight is 758 g/mol. The van der Waals surface area contributed by atoms with Crippen molar-refractivity contribution in [1.82, 2.24) is 35.1 Å². The van der Waals surface area contributed by atoms with E-state index >= 15 is 0 Å². The van der Waals surface area contributed by atoms with Crippen molar-refractivity contribution in [2.24, 2.45) is 0 Å². The molecule has 1 aromatic carbocycles. The van der Waals surface area contributed by atoms with E-state index in [1.807, 2.05) is 106 Å². The number of unbranched alkanes of at least 4 members (excludes halogenated alkanes) is 2. The van der Waals surface area contributed by atoms with E-state index in [0.29, 0.717) is 65.1 Å². The van der Waals surface area contributed by atoms with Crippen LogP contribution in [0.2, 0.25) is 0 Å². The Morgan fingerprint density at radius 3 is 1.46 bits per heavy atom. The Kier molecular flexibility index (Phi) is 16.0. The number of nitrogens with zero attached hydrogens (tertiary/aromatic N) is 6. The number of aromatic hydroxyl groups is 1. The Labute approximate surface area is 331 Å². The molecular weight excluding hydrogens is 703 g/mol. The summed E-state index contributed by atoms with van der Waals surface area (Å²) >= 11 is 0. The minimum absolute atomic E-state index is 0.195. The third-order valence-corrected chi connectivity index (χ3v) is 9.06. The third kappa shape index (κ3) is 15.0. The summed E-state index contributed by atoms with van der Waals surface area (Å²) in [6, 6.07) is 27.6. The van der Waals surface area contributed by atoms with E-state index in [9.17, 15) is 14.7 Å². The number of alkyl carbamates (subject to hydrolysis) is 1. The third-order valence-electron chi connectivity index (χ3n) is 9.06.